The van der Waals surface area contributed by atoms with Crippen LogP contribution in [0.4, 0.5) is 13.2 Å². The zero-order chi connectivity index (χ0) is 26.6. The van der Waals surface area contributed by atoms with Gasteiger partial charge in [-0.15, -0.1) is 0 Å². The van der Waals surface area contributed by atoms with E-state index in [1.54, 1.807) is 0 Å². The minimum Gasteiger partial charge on any atom is -0.490 e. The maximum Gasteiger partial charge on any atom is 0.431 e. The van der Waals surface area contributed by atoms with Crippen LogP contribution in [0.2, 0.25) is 0 Å². The topological polar surface area (TPSA) is 80.9 Å². The second kappa shape index (κ2) is 11.2. The van der Waals surface area contributed by atoms with E-state index >= 15 is 0 Å². The van der Waals surface area contributed by atoms with Gasteiger partial charge in [0.15, 0.2) is 0 Å². The van der Waals surface area contributed by atoms with Crippen LogP contribution < -0.4 is 20.7 Å². The van der Waals surface area contributed by atoms with Gasteiger partial charge in [0, 0.05) is 25.1 Å². The molecule has 37 heavy (non-hydrogen) atoms. The minimum absolute atomic E-state index is 0.0540. The first-order chi connectivity index (χ1) is 17.7. The summed E-state index contributed by atoms with van der Waals surface area (Å²) in [6.45, 7) is 3.50. The molecule has 0 aliphatic carbocycles. The van der Waals surface area contributed by atoms with Gasteiger partial charge in [0.2, 0.25) is 0 Å². The van der Waals surface area contributed by atoms with E-state index in [4.69, 9.17) is 18.9 Å². The van der Waals surface area contributed by atoms with Gasteiger partial charge in [-0.05, 0) is 42.3 Å². The van der Waals surface area contributed by atoms with Gasteiger partial charge in [0.05, 0.1) is 18.4 Å². The van der Waals surface area contributed by atoms with Crippen molar-refractivity contribution in [3.8, 4) is 17.2 Å². The van der Waals surface area contributed by atoms with Gasteiger partial charge in [-0.3, -0.25) is 9.36 Å². The summed E-state index contributed by atoms with van der Waals surface area (Å²) in [5.74, 6) is 1.13. The number of rotatable bonds is 8. The van der Waals surface area contributed by atoms with E-state index in [1.165, 1.54) is 24.3 Å². The van der Waals surface area contributed by atoms with E-state index in [0.717, 1.165) is 31.0 Å². The van der Waals surface area contributed by atoms with Gasteiger partial charge in [-0.25, -0.2) is 9.36 Å². The monoisotopic (exact) mass is 520 g/mol. The molecule has 11 heteroatoms. The van der Waals surface area contributed by atoms with Crippen LogP contribution in [0.25, 0.3) is 5.69 Å². The number of halogens is 3. The molecular weight excluding hydrogens is 493 g/mol. The van der Waals surface area contributed by atoms with Gasteiger partial charge >= 0.3 is 11.9 Å². The molecule has 198 valence electrons. The molecule has 1 aliphatic heterocycles. The van der Waals surface area contributed by atoms with Crippen molar-refractivity contribution in [2.75, 3.05) is 20.0 Å². The number of alkyl halides is 3. The second-order valence-corrected chi connectivity index (χ2v) is 8.54. The Kier molecular flexibility index (Phi) is 8.03. The molecule has 0 N–H and O–H groups in total. The van der Waals surface area contributed by atoms with Crippen LogP contribution in [0.1, 0.15) is 30.2 Å². The van der Waals surface area contributed by atoms with Gasteiger partial charge in [-0.2, -0.15) is 13.2 Å². The van der Waals surface area contributed by atoms with Crippen LogP contribution in [0.15, 0.2) is 58.1 Å². The summed E-state index contributed by atoms with van der Waals surface area (Å²) in [6, 6.07) is 12.2. The highest BCUT2D eigenvalue weighted by atomic mass is 19.4. The molecule has 1 aliphatic rings. The van der Waals surface area contributed by atoms with Crippen LogP contribution in [-0.2, 0) is 35.7 Å². The van der Waals surface area contributed by atoms with Crippen LogP contribution in [0, 0.1) is 0 Å². The van der Waals surface area contributed by atoms with E-state index in [0.29, 0.717) is 39.9 Å². The van der Waals surface area contributed by atoms with Gasteiger partial charge in [0.1, 0.15) is 37.2 Å². The summed E-state index contributed by atoms with van der Waals surface area (Å²) in [5.41, 5.74) is -1.43. The van der Waals surface area contributed by atoms with Gasteiger partial charge in [-0.1, -0.05) is 19.1 Å². The Labute approximate surface area is 210 Å². The molecule has 1 unspecified atom stereocenters. The molecule has 3 aromatic rings. The number of benzene rings is 2. The fourth-order valence-corrected chi connectivity index (χ4v) is 3.88. The van der Waals surface area contributed by atoms with Crippen LogP contribution in [-0.4, -0.2) is 35.2 Å². The Hall–Kier alpha value is -3.57. The summed E-state index contributed by atoms with van der Waals surface area (Å²) in [5, 5.41) is 0. The number of nitrogens with zero attached hydrogens (tertiary/aromatic N) is 2. The Balaban J connectivity index is 1.49. The third kappa shape index (κ3) is 6.23. The van der Waals surface area contributed by atoms with E-state index < -0.39 is 23.1 Å². The zero-order valence-electron chi connectivity index (χ0n) is 20.4. The number of hydrogen-bond donors (Lipinski definition) is 0. The predicted molar refractivity (Wildman–Crippen MR) is 128 cm³/mol. The first kappa shape index (κ1) is 26.5. The van der Waals surface area contributed by atoms with E-state index in [9.17, 15) is 22.8 Å². The highest BCUT2D eigenvalue weighted by molar-refractivity contribution is 5.40. The molecule has 2 heterocycles. The highest BCUT2D eigenvalue weighted by Gasteiger charge is 2.35. The molecule has 1 atom stereocenters. The molecule has 1 fully saturated rings. The Morgan fingerprint density at radius 3 is 2.46 bits per heavy atom. The summed E-state index contributed by atoms with van der Waals surface area (Å²) < 4.78 is 63.0. The lowest BCUT2D eigenvalue weighted by Crippen LogP contribution is -2.40. The molecule has 4 rings (SSSR count). The van der Waals surface area contributed by atoms with E-state index in [2.05, 4.69) is 0 Å². The first-order valence-electron chi connectivity index (χ1n) is 11.7. The number of ether oxygens (including phenoxy) is 4. The predicted octanol–water partition coefficient (Wildman–Crippen LogP) is 3.84. The minimum atomic E-state index is -4.82. The fraction of sp³-hybridized carbons (Fsp3) is 0.385. The largest absolute Gasteiger partial charge is 0.490 e. The van der Waals surface area contributed by atoms with Crippen molar-refractivity contribution in [1.82, 2.24) is 9.13 Å². The van der Waals surface area contributed by atoms with E-state index in [-0.39, 0.29) is 25.2 Å². The Morgan fingerprint density at radius 2 is 1.81 bits per heavy atom. The molecule has 0 radical (unpaired) electrons. The van der Waals surface area contributed by atoms with Crippen LogP contribution in [0.3, 0.4) is 0 Å². The van der Waals surface area contributed by atoms with Crippen LogP contribution in [0.5, 0.6) is 11.5 Å². The summed E-state index contributed by atoms with van der Waals surface area (Å²) in [4.78, 5) is 24.8. The van der Waals surface area contributed by atoms with Crippen molar-refractivity contribution in [3.05, 3.63) is 86.2 Å². The zero-order valence-corrected chi connectivity index (χ0v) is 20.4. The third-order valence-electron chi connectivity index (χ3n) is 6.04. The Bertz CT molecular complexity index is 1340. The van der Waals surface area contributed by atoms with Crippen molar-refractivity contribution < 1.29 is 32.1 Å². The van der Waals surface area contributed by atoms with Crippen molar-refractivity contribution >= 4 is 0 Å². The normalized spacial score (nSPS) is 16.0. The third-order valence-corrected chi connectivity index (χ3v) is 6.04. The molecule has 0 spiro atoms. The van der Waals surface area contributed by atoms with Crippen molar-refractivity contribution in [2.45, 2.75) is 38.7 Å². The lowest BCUT2D eigenvalue weighted by Gasteiger charge is -2.23. The van der Waals surface area contributed by atoms with Gasteiger partial charge < -0.3 is 18.9 Å². The number of hydrogen-bond acceptors (Lipinski definition) is 6. The lowest BCUT2D eigenvalue weighted by atomic mass is 10.1. The molecule has 8 nitrogen and oxygen atoms in total. The van der Waals surface area contributed by atoms with E-state index in [1.807, 2.05) is 25.1 Å². The molecule has 1 aromatic heterocycles. The highest BCUT2D eigenvalue weighted by Crippen LogP contribution is 2.27. The maximum atomic E-state index is 13.1. The molecular formula is C26H27F3N2O6. The quantitative estimate of drug-likeness (QED) is 0.449. The summed E-state index contributed by atoms with van der Waals surface area (Å²) in [6.07, 6.45) is -3.28. The molecule has 2 aromatic carbocycles. The molecule has 0 bridgehead atoms. The summed E-state index contributed by atoms with van der Waals surface area (Å²) >= 11 is 0. The average molecular weight is 521 g/mol. The fourth-order valence-electron chi connectivity index (χ4n) is 3.88. The van der Waals surface area contributed by atoms with Crippen molar-refractivity contribution in [3.63, 3.8) is 0 Å². The lowest BCUT2D eigenvalue weighted by molar-refractivity contribution is -0.147. The molecule has 0 amide bonds. The van der Waals surface area contributed by atoms with Crippen LogP contribution >= 0.6 is 0 Å². The number of aryl methyl sites for hydroxylation is 1. The SMILES string of the molecule is CCc1ccc(COc2ccc(-n3c(=O)cc(C(F)(F)F)n(C)c3=O)cc2)c(OCC2CCOCO2)c1. The first-order valence-corrected chi connectivity index (χ1v) is 11.7. The van der Waals surface area contributed by atoms with Crippen molar-refractivity contribution in [2.24, 2.45) is 7.05 Å². The smallest absolute Gasteiger partial charge is 0.431 e. The standard InChI is InChI=1S/C26H27F3N2O6/c1-3-17-4-5-18(22(12-17)36-15-21-10-11-34-16-37-21)14-35-20-8-6-19(7-9-20)31-24(32)13-23(26(27,28)29)30(2)25(31)33/h4-9,12-13,21H,3,10-11,14-16H2,1-2H3. The molecule has 1 saturated heterocycles. The summed E-state index contributed by atoms with van der Waals surface area (Å²) in [7, 11) is 0.968. The second-order valence-electron chi connectivity index (χ2n) is 8.54. The molecule has 0 saturated carbocycles. The van der Waals surface area contributed by atoms with Crippen molar-refractivity contribution in [1.29, 1.82) is 0 Å². The average Bonchev–Trinajstić information content (AvgIpc) is 2.89. The number of aromatic nitrogens is 2. The maximum absolute atomic E-state index is 13.1. The van der Waals surface area contributed by atoms with Gasteiger partial charge in [0.25, 0.3) is 5.56 Å². The Morgan fingerprint density at radius 1 is 1.05 bits per heavy atom.